The number of hydrogen-bond acceptors (Lipinski definition) is 4. The van der Waals surface area contributed by atoms with E-state index in [1.165, 1.54) is 17.8 Å². The van der Waals surface area contributed by atoms with Crippen LogP contribution in [0.25, 0.3) is 17.1 Å². The smallest absolute Gasteiger partial charge is 0.230 e. The third-order valence-corrected chi connectivity index (χ3v) is 5.99. The second kappa shape index (κ2) is 9.71. The molecular formula is C23H23FN4OS. The van der Waals surface area contributed by atoms with Crippen molar-refractivity contribution in [3.63, 3.8) is 0 Å². The topological polar surface area (TPSA) is 59.8 Å². The van der Waals surface area contributed by atoms with E-state index in [-0.39, 0.29) is 17.5 Å². The molecule has 0 saturated heterocycles. The lowest BCUT2D eigenvalue weighted by molar-refractivity contribution is -0.118. The first-order valence-corrected chi connectivity index (χ1v) is 11.0. The summed E-state index contributed by atoms with van der Waals surface area (Å²) in [6, 6.07) is 16.0. The molecule has 1 heterocycles. The van der Waals surface area contributed by atoms with Crippen LogP contribution in [-0.4, -0.2) is 33.0 Å². The van der Waals surface area contributed by atoms with E-state index >= 15 is 0 Å². The number of carbonyl (C=O) groups is 1. The Morgan fingerprint density at radius 1 is 1.10 bits per heavy atom. The first-order valence-electron chi connectivity index (χ1n) is 10.0. The molecule has 1 aliphatic rings. The second-order valence-electron chi connectivity index (χ2n) is 7.20. The van der Waals surface area contributed by atoms with Crippen LogP contribution in [0.1, 0.15) is 19.3 Å². The molecular weight excluding hydrogens is 399 g/mol. The molecule has 0 radical (unpaired) electrons. The Hall–Kier alpha value is -2.93. The number of thioether (sulfide) groups is 1. The Bertz CT molecular complexity index is 1030. The summed E-state index contributed by atoms with van der Waals surface area (Å²) in [5, 5.41) is 12.1. The van der Waals surface area contributed by atoms with Gasteiger partial charge < -0.3 is 5.32 Å². The van der Waals surface area contributed by atoms with Crippen molar-refractivity contribution in [2.45, 2.75) is 24.4 Å². The van der Waals surface area contributed by atoms with E-state index in [1.54, 1.807) is 22.8 Å². The van der Waals surface area contributed by atoms with Crippen LogP contribution in [0, 0.1) is 11.7 Å². The second-order valence-corrected chi connectivity index (χ2v) is 8.14. The Kier molecular flexibility index (Phi) is 6.59. The average Bonchev–Trinajstić information content (AvgIpc) is 3.21. The van der Waals surface area contributed by atoms with Gasteiger partial charge in [-0.15, -0.1) is 10.2 Å². The fourth-order valence-corrected chi connectivity index (χ4v) is 4.25. The van der Waals surface area contributed by atoms with Crippen LogP contribution in [0.5, 0.6) is 0 Å². The number of benzene rings is 2. The normalized spacial score (nSPS) is 15.8. The number of allylic oxidation sites excluding steroid dienone is 2. The summed E-state index contributed by atoms with van der Waals surface area (Å²) >= 11 is 1.30. The Morgan fingerprint density at radius 3 is 2.67 bits per heavy atom. The molecule has 5 nitrogen and oxygen atoms in total. The quantitative estimate of drug-likeness (QED) is 0.445. The molecule has 0 fully saturated rings. The molecule has 30 heavy (non-hydrogen) atoms. The number of amides is 1. The van der Waals surface area contributed by atoms with Crippen molar-refractivity contribution < 1.29 is 9.18 Å². The van der Waals surface area contributed by atoms with E-state index in [1.807, 2.05) is 30.3 Å². The third-order valence-electron chi connectivity index (χ3n) is 5.06. The van der Waals surface area contributed by atoms with Crippen LogP contribution >= 0.6 is 11.8 Å². The van der Waals surface area contributed by atoms with Gasteiger partial charge in [0.25, 0.3) is 0 Å². The third kappa shape index (κ3) is 4.79. The number of hydrogen-bond donors (Lipinski definition) is 1. The van der Waals surface area contributed by atoms with Crippen LogP contribution in [-0.2, 0) is 4.79 Å². The van der Waals surface area contributed by atoms with E-state index in [0.29, 0.717) is 29.0 Å². The average molecular weight is 423 g/mol. The molecule has 1 unspecified atom stereocenters. The van der Waals surface area contributed by atoms with Gasteiger partial charge in [-0.05, 0) is 49.4 Å². The molecule has 154 valence electrons. The largest absolute Gasteiger partial charge is 0.355 e. The maximum absolute atomic E-state index is 14.4. The zero-order valence-corrected chi connectivity index (χ0v) is 17.3. The number of carbonyl (C=O) groups excluding carboxylic acids is 1. The summed E-state index contributed by atoms with van der Waals surface area (Å²) in [6.07, 6.45) is 7.58. The molecule has 0 bridgehead atoms. The Morgan fingerprint density at radius 2 is 1.90 bits per heavy atom. The molecule has 1 amide bonds. The molecule has 1 aromatic heterocycles. The SMILES string of the molecule is O=C(CSc1nnc(-c2ccccc2F)n1-c1ccccc1)NCC1CC=CCC1. The molecule has 0 saturated carbocycles. The summed E-state index contributed by atoms with van der Waals surface area (Å²) in [5.74, 6) is 0.744. The van der Waals surface area contributed by atoms with E-state index in [0.717, 1.165) is 24.9 Å². The van der Waals surface area contributed by atoms with Crippen molar-refractivity contribution in [3.8, 4) is 17.1 Å². The highest BCUT2D eigenvalue weighted by Crippen LogP contribution is 2.29. The monoisotopic (exact) mass is 422 g/mol. The van der Waals surface area contributed by atoms with Gasteiger partial charge in [0.2, 0.25) is 5.91 Å². The molecule has 1 N–H and O–H groups in total. The Balaban J connectivity index is 1.51. The van der Waals surface area contributed by atoms with Crippen LogP contribution in [0.3, 0.4) is 0 Å². The molecule has 1 atom stereocenters. The lowest BCUT2D eigenvalue weighted by atomic mass is 9.94. The maximum Gasteiger partial charge on any atom is 0.230 e. The lowest BCUT2D eigenvalue weighted by Crippen LogP contribution is -2.31. The molecule has 3 aromatic rings. The van der Waals surface area contributed by atoms with Gasteiger partial charge in [0.05, 0.1) is 11.3 Å². The van der Waals surface area contributed by atoms with Gasteiger partial charge in [-0.1, -0.05) is 54.2 Å². The first kappa shape index (κ1) is 20.3. The fraction of sp³-hybridized carbons (Fsp3) is 0.261. The standard InChI is InChI=1S/C23H23FN4OS/c24-20-14-8-7-13-19(20)22-26-27-23(28(22)18-11-5-2-6-12-18)30-16-21(29)25-15-17-9-3-1-4-10-17/h1-3,5-8,11-14,17H,4,9-10,15-16H2,(H,25,29). The minimum absolute atomic E-state index is 0.0374. The highest BCUT2D eigenvalue weighted by atomic mass is 32.2. The molecule has 0 aliphatic heterocycles. The van der Waals surface area contributed by atoms with Crippen molar-refractivity contribution in [2.24, 2.45) is 5.92 Å². The predicted octanol–water partition coefficient (Wildman–Crippen LogP) is 4.64. The molecule has 7 heteroatoms. The molecule has 4 rings (SSSR count). The predicted molar refractivity (Wildman–Crippen MR) is 117 cm³/mol. The number of nitrogens with one attached hydrogen (secondary N) is 1. The van der Waals surface area contributed by atoms with Gasteiger partial charge in [0, 0.05) is 12.2 Å². The summed E-state index contributed by atoms with van der Waals surface area (Å²) in [4.78, 5) is 12.4. The highest BCUT2D eigenvalue weighted by Gasteiger charge is 2.19. The Labute approximate surface area is 179 Å². The van der Waals surface area contributed by atoms with Crippen molar-refractivity contribution in [1.29, 1.82) is 0 Å². The van der Waals surface area contributed by atoms with E-state index < -0.39 is 0 Å². The van der Waals surface area contributed by atoms with Crippen LogP contribution in [0.2, 0.25) is 0 Å². The van der Waals surface area contributed by atoms with Crippen LogP contribution in [0.15, 0.2) is 71.9 Å². The number of para-hydroxylation sites is 1. The lowest BCUT2D eigenvalue weighted by Gasteiger charge is -2.18. The van der Waals surface area contributed by atoms with E-state index in [2.05, 4.69) is 27.7 Å². The summed E-state index contributed by atoms with van der Waals surface area (Å²) < 4.78 is 16.2. The number of aromatic nitrogens is 3. The van der Waals surface area contributed by atoms with Crippen LogP contribution in [0.4, 0.5) is 4.39 Å². The number of halogens is 1. The minimum Gasteiger partial charge on any atom is -0.355 e. The van der Waals surface area contributed by atoms with Crippen molar-refractivity contribution in [2.75, 3.05) is 12.3 Å². The first-order chi connectivity index (χ1) is 14.7. The zero-order valence-electron chi connectivity index (χ0n) is 16.5. The van der Waals surface area contributed by atoms with Gasteiger partial charge in [-0.3, -0.25) is 9.36 Å². The zero-order chi connectivity index (χ0) is 20.8. The number of rotatable bonds is 7. The van der Waals surface area contributed by atoms with Crippen molar-refractivity contribution in [3.05, 3.63) is 72.6 Å². The number of nitrogens with zero attached hydrogens (tertiary/aromatic N) is 3. The van der Waals surface area contributed by atoms with Crippen molar-refractivity contribution in [1.82, 2.24) is 20.1 Å². The summed E-state index contributed by atoms with van der Waals surface area (Å²) in [7, 11) is 0. The summed E-state index contributed by atoms with van der Waals surface area (Å²) in [5.41, 5.74) is 1.19. The molecule has 1 aliphatic carbocycles. The summed E-state index contributed by atoms with van der Waals surface area (Å²) in [6.45, 7) is 0.690. The fourth-order valence-electron chi connectivity index (χ4n) is 3.47. The van der Waals surface area contributed by atoms with E-state index in [4.69, 9.17) is 0 Å². The minimum atomic E-state index is -0.363. The van der Waals surface area contributed by atoms with Crippen molar-refractivity contribution >= 4 is 17.7 Å². The van der Waals surface area contributed by atoms with Gasteiger partial charge in [-0.25, -0.2) is 4.39 Å². The molecule has 2 aromatic carbocycles. The van der Waals surface area contributed by atoms with Gasteiger partial charge in [0.1, 0.15) is 5.82 Å². The van der Waals surface area contributed by atoms with Crippen LogP contribution < -0.4 is 5.32 Å². The van der Waals surface area contributed by atoms with Gasteiger partial charge in [0.15, 0.2) is 11.0 Å². The van der Waals surface area contributed by atoms with E-state index in [9.17, 15) is 9.18 Å². The maximum atomic E-state index is 14.4. The highest BCUT2D eigenvalue weighted by molar-refractivity contribution is 7.99. The van der Waals surface area contributed by atoms with Gasteiger partial charge in [-0.2, -0.15) is 0 Å². The molecule has 0 spiro atoms. The van der Waals surface area contributed by atoms with Gasteiger partial charge >= 0.3 is 0 Å².